The zero-order valence-electron chi connectivity index (χ0n) is 47.6. The van der Waals surface area contributed by atoms with Gasteiger partial charge in [0.25, 0.3) is 0 Å². The summed E-state index contributed by atoms with van der Waals surface area (Å²) >= 11 is 0. The molecule has 0 aromatic rings. The summed E-state index contributed by atoms with van der Waals surface area (Å²) in [5.41, 5.74) is 0. The molecule has 416 valence electrons. The van der Waals surface area contributed by atoms with E-state index in [0.29, 0.717) is 19.3 Å². The molecule has 73 heavy (non-hydrogen) atoms. The lowest BCUT2D eigenvalue weighted by Gasteiger charge is -2.18. The zero-order valence-corrected chi connectivity index (χ0v) is 47.6. The Balaban J connectivity index is 4.48. The molecule has 0 radical (unpaired) electrons. The van der Waals surface area contributed by atoms with Crippen LogP contribution in [0.4, 0.5) is 0 Å². The van der Waals surface area contributed by atoms with Crippen LogP contribution in [0.3, 0.4) is 0 Å². The van der Waals surface area contributed by atoms with E-state index in [1.165, 1.54) is 116 Å². The molecule has 0 rings (SSSR count). The molecule has 0 fully saturated rings. The van der Waals surface area contributed by atoms with Crippen molar-refractivity contribution in [2.75, 3.05) is 13.2 Å². The molecule has 0 aromatic heterocycles. The highest BCUT2D eigenvalue weighted by Crippen LogP contribution is 2.15. The third-order valence-corrected chi connectivity index (χ3v) is 12.7. The van der Waals surface area contributed by atoms with E-state index in [2.05, 4.69) is 130 Å². The summed E-state index contributed by atoms with van der Waals surface area (Å²) < 4.78 is 16.9. The first kappa shape index (κ1) is 69.1. The second kappa shape index (κ2) is 60.6. The van der Waals surface area contributed by atoms with Crippen molar-refractivity contribution in [1.82, 2.24) is 0 Å². The van der Waals surface area contributed by atoms with E-state index in [4.69, 9.17) is 14.2 Å². The molecule has 0 saturated carbocycles. The van der Waals surface area contributed by atoms with Crippen molar-refractivity contribution in [2.24, 2.45) is 0 Å². The Morgan fingerprint density at radius 3 is 0.904 bits per heavy atom. The number of hydrogen-bond acceptors (Lipinski definition) is 6. The molecule has 0 aliphatic heterocycles. The lowest BCUT2D eigenvalue weighted by Crippen LogP contribution is -2.30. The predicted octanol–water partition coefficient (Wildman–Crippen LogP) is 20.7. The van der Waals surface area contributed by atoms with Crippen molar-refractivity contribution >= 4 is 17.9 Å². The minimum absolute atomic E-state index is 0.101. The average molecular weight is 1010 g/mol. The summed E-state index contributed by atoms with van der Waals surface area (Å²) in [6.07, 6.45) is 82.2. The Kier molecular flexibility index (Phi) is 57.4. The van der Waals surface area contributed by atoms with E-state index in [9.17, 15) is 14.4 Å². The molecular formula is C67H112O6. The van der Waals surface area contributed by atoms with E-state index in [1.54, 1.807) is 0 Å². The van der Waals surface area contributed by atoms with Crippen molar-refractivity contribution in [3.63, 3.8) is 0 Å². The van der Waals surface area contributed by atoms with Gasteiger partial charge in [-0.3, -0.25) is 14.4 Å². The smallest absolute Gasteiger partial charge is 0.306 e. The van der Waals surface area contributed by atoms with Gasteiger partial charge in [0.2, 0.25) is 0 Å². The number of ether oxygens (including phenoxy) is 3. The largest absolute Gasteiger partial charge is 0.462 e. The Bertz CT molecular complexity index is 1490. The van der Waals surface area contributed by atoms with Crippen LogP contribution in [0.5, 0.6) is 0 Å². The molecule has 0 heterocycles. The minimum Gasteiger partial charge on any atom is -0.462 e. The number of carbonyl (C=O) groups is 3. The molecule has 1 unspecified atom stereocenters. The molecule has 0 bridgehead atoms. The lowest BCUT2D eigenvalue weighted by atomic mass is 10.1. The van der Waals surface area contributed by atoms with Gasteiger partial charge < -0.3 is 14.2 Å². The molecular weight excluding hydrogens is 901 g/mol. The van der Waals surface area contributed by atoms with Crippen LogP contribution in [0, 0.1) is 0 Å². The van der Waals surface area contributed by atoms with Gasteiger partial charge in [-0.2, -0.15) is 0 Å². The number of rotatable bonds is 54. The molecule has 0 spiro atoms. The fraction of sp³-hybridized carbons (Fsp3) is 0.687. The SMILES string of the molecule is CC/C=C\C/C=C\C/C=C\C/C=C\C/C=C\C/C=C\CCCCC(=O)OCC(COC(=O)CCCCCCC/C=C\C/C=C\CCCCC)OC(=O)CCCCCCCCCCC/C=C\CCCCCCCC. The van der Waals surface area contributed by atoms with Gasteiger partial charge in [-0.05, 0) is 128 Å². The van der Waals surface area contributed by atoms with Gasteiger partial charge in [0, 0.05) is 19.3 Å². The maximum atomic E-state index is 12.9. The molecule has 0 saturated heterocycles. The number of hydrogen-bond donors (Lipinski definition) is 0. The maximum Gasteiger partial charge on any atom is 0.306 e. The first-order valence-electron chi connectivity index (χ1n) is 30.4. The Hall–Kier alpha value is -3.93. The number of allylic oxidation sites excluding steroid dienone is 18. The van der Waals surface area contributed by atoms with Crippen molar-refractivity contribution in [3.8, 4) is 0 Å². The highest BCUT2D eigenvalue weighted by atomic mass is 16.6. The van der Waals surface area contributed by atoms with Gasteiger partial charge in [-0.1, -0.05) is 239 Å². The van der Waals surface area contributed by atoms with Crippen LogP contribution in [0.2, 0.25) is 0 Å². The molecule has 0 amide bonds. The second-order valence-corrected chi connectivity index (χ2v) is 19.9. The summed E-state index contributed by atoms with van der Waals surface area (Å²) in [5, 5.41) is 0. The summed E-state index contributed by atoms with van der Waals surface area (Å²) in [7, 11) is 0. The van der Waals surface area contributed by atoms with Gasteiger partial charge in [0.1, 0.15) is 13.2 Å². The third kappa shape index (κ3) is 58.8. The fourth-order valence-corrected chi connectivity index (χ4v) is 8.18. The maximum absolute atomic E-state index is 12.9. The monoisotopic (exact) mass is 1010 g/mol. The summed E-state index contributed by atoms with van der Waals surface area (Å²) in [6, 6.07) is 0. The van der Waals surface area contributed by atoms with E-state index < -0.39 is 6.10 Å². The van der Waals surface area contributed by atoms with Crippen LogP contribution in [0.25, 0.3) is 0 Å². The molecule has 1 atom stereocenters. The normalized spacial score (nSPS) is 12.9. The quantitative estimate of drug-likeness (QED) is 0.0261. The number of unbranched alkanes of at least 4 members (excludes halogenated alkanes) is 25. The molecule has 0 aliphatic carbocycles. The van der Waals surface area contributed by atoms with E-state index in [1.807, 2.05) is 0 Å². The van der Waals surface area contributed by atoms with Crippen LogP contribution in [-0.4, -0.2) is 37.2 Å². The van der Waals surface area contributed by atoms with E-state index in [-0.39, 0.29) is 31.1 Å². The van der Waals surface area contributed by atoms with Gasteiger partial charge in [-0.15, -0.1) is 0 Å². The van der Waals surface area contributed by atoms with Crippen molar-refractivity contribution < 1.29 is 28.6 Å². The number of carbonyl (C=O) groups excluding carboxylic acids is 3. The predicted molar refractivity (Wildman–Crippen MR) is 316 cm³/mol. The topological polar surface area (TPSA) is 78.9 Å². The van der Waals surface area contributed by atoms with Gasteiger partial charge in [0.05, 0.1) is 0 Å². The van der Waals surface area contributed by atoms with Crippen LogP contribution < -0.4 is 0 Å². The standard InChI is InChI=1S/C67H112O6/c1-4-7-10-13-16-19-22-25-28-30-32-33-35-36-39-42-45-48-51-54-57-60-66(69)72-63-64(62-71-65(68)59-56-53-50-47-44-41-38-27-24-21-18-15-12-9-6-3)73-67(70)61-58-55-52-49-46-43-40-37-34-31-29-26-23-20-17-14-11-8-5-2/h7,10,16,18-19,21,25-29,32-33,36,38-39,45,48,64H,4-6,8-9,11-15,17,20,22-24,30-31,34-35,37,40-44,46-47,49-63H2,1-3H3/b10-7-,19-16-,21-18-,28-25-,29-26-,33-32-,38-27-,39-36-,48-45-. The van der Waals surface area contributed by atoms with Gasteiger partial charge >= 0.3 is 17.9 Å². The Morgan fingerprint density at radius 1 is 0.288 bits per heavy atom. The summed E-state index contributed by atoms with van der Waals surface area (Å²) in [5.74, 6) is -0.956. The minimum atomic E-state index is -0.806. The van der Waals surface area contributed by atoms with Crippen molar-refractivity contribution in [1.29, 1.82) is 0 Å². The second-order valence-electron chi connectivity index (χ2n) is 19.9. The molecule has 6 heteroatoms. The number of esters is 3. The van der Waals surface area contributed by atoms with Crippen molar-refractivity contribution in [2.45, 2.75) is 284 Å². The summed E-state index contributed by atoms with van der Waals surface area (Å²) in [4.78, 5) is 38.2. The van der Waals surface area contributed by atoms with Gasteiger partial charge in [0.15, 0.2) is 6.10 Å². The molecule has 0 aromatic carbocycles. The van der Waals surface area contributed by atoms with Crippen LogP contribution in [0.15, 0.2) is 109 Å². The zero-order chi connectivity index (χ0) is 52.9. The first-order valence-corrected chi connectivity index (χ1v) is 30.4. The molecule has 0 aliphatic rings. The fourth-order valence-electron chi connectivity index (χ4n) is 8.18. The third-order valence-electron chi connectivity index (χ3n) is 12.7. The van der Waals surface area contributed by atoms with Crippen LogP contribution >= 0.6 is 0 Å². The Labute approximate surface area is 450 Å². The Morgan fingerprint density at radius 2 is 0.534 bits per heavy atom. The van der Waals surface area contributed by atoms with Crippen LogP contribution in [0.1, 0.15) is 278 Å². The van der Waals surface area contributed by atoms with Crippen LogP contribution in [-0.2, 0) is 28.6 Å². The van der Waals surface area contributed by atoms with E-state index in [0.717, 1.165) is 122 Å². The molecule has 0 N–H and O–H groups in total. The van der Waals surface area contributed by atoms with Gasteiger partial charge in [-0.25, -0.2) is 0 Å². The molecule has 6 nitrogen and oxygen atoms in total. The highest BCUT2D eigenvalue weighted by Gasteiger charge is 2.19. The lowest BCUT2D eigenvalue weighted by molar-refractivity contribution is -0.167. The average Bonchev–Trinajstić information content (AvgIpc) is 3.39. The van der Waals surface area contributed by atoms with E-state index >= 15 is 0 Å². The van der Waals surface area contributed by atoms with Crippen molar-refractivity contribution in [3.05, 3.63) is 109 Å². The highest BCUT2D eigenvalue weighted by molar-refractivity contribution is 5.71. The first-order chi connectivity index (χ1) is 36.0. The summed E-state index contributed by atoms with van der Waals surface area (Å²) in [6.45, 7) is 6.46.